The van der Waals surface area contributed by atoms with Gasteiger partial charge in [0.2, 0.25) is 0 Å². The fraction of sp³-hybridized carbons (Fsp3) is 0.471. The van der Waals surface area contributed by atoms with Gasteiger partial charge in [-0.15, -0.1) is 0 Å². The molecular formula is C17H22F2N2O. The van der Waals surface area contributed by atoms with Crippen LogP contribution in [0.25, 0.3) is 10.9 Å². The summed E-state index contributed by atoms with van der Waals surface area (Å²) in [4.78, 5) is 6.27. The molecule has 0 N–H and O–H groups in total. The third kappa shape index (κ3) is 3.46. The van der Waals surface area contributed by atoms with Gasteiger partial charge in [-0.05, 0) is 24.3 Å². The number of rotatable bonds is 2. The van der Waals surface area contributed by atoms with Gasteiger partial charge in [0.05, 0.1) is 12.6 Å². The zero-order chi connectivity index (χ0) is 16.2. The molecule has 0 aliphatic carbocycles. The molecule has 0 atom stereocenters. The number of hydrogen-bond donors (Lipinski definition) is 0. The largest absolute Gasteiger partial charge is 0.496 e. The van der Waals surface area contributed by atoms with Crippen molar-refractivity contribution in [3.8, 4) is 5.75 Å². The van der Waals surface area contributed by atoms with Crippen molar-refractivity contribution in [2.24, 2.45) is 0 Å². The number of piperidine rings is 1. The van der Waals surface area contributed by atoms with Gasteiger partial charge in [-0.1, -0.05) is 13.8 Å². The van der Waals surface area contributed by atoms with Crippen molar-refractivity contribution < 1.29 is 13.5 Å². The van der Waals surface area contributed by atoms with E-state index >= 15 is 0 Å². The van der Waals surface area contributed by atoms with Crippen LogP contribution in [0, 0.1) is 0 Å². The Morgan fingerprint density at radius 3 is 2.45 bits per heavy atom. The third-order valence-electron chi connectivity index (χ3n) is 3.77. The van der Waals surface area contributed by atoms with E-state index in [4.69, 9.17) is 4.74 Å². The predicted octanol–water partition coefficient (Wildman–Crippen LogP) is 4.51. The van der Waals surface area contributed by atoms with Gasteiger partial charge in [0.1, 0.15) is 5.75 Å². The molecule has 0 bridgehead atoms. The molecule has 0 spiro atoms. The highest BCUT2D eigenvalue weighted by Crippen LogP contribution is 2.33. The molecule has 3 nitrogen and oxygen atoms in total. The molecular weight excluding hydrogens is 286 g/mol. The minimum atomic E-state index is -2.52. The second-order valence-electron chi connectivity index (χ2n) is 5.06. The minimum Gasteiger partial charge on any atom is -0.496 e. The predicted molar refractivity (Wildman–Crippen MR) is 86.0 cm³/mol. The zero-order valence-corrected chi connectivity index (χ0v) is 13.3. The lowest BCUT2D eigenvalue weighted by Gasteiger charge is -2.33. The molecule has 1 saturated heterocycles. The average molecular weight is 308 g/mol. The van der Waals surface area contributed by atoms with Crippen LogP contribution in [0.3, 0.4) is 0 Å². The van der Waals surface area contributed by atoms with Gasteiger partial charge in [0.15, 0.2) is 0 Å². The van der Waals surface area contributed by atoms with Crippen molar-refractivity contribution in [3.63, 3.8) is 0 Å². The Morgan fingerprint density at radius 2 is 1.82 bits per heavy atom. The molecule has 1 aliphatic heterocycles. The highest BCUT2D eigenvalue weighted by atomic mass is 19.3. The fourth-order valence-corrected chi connectivity index (χ4v) is 2.58. The number of aromatic nitrogens is 1. The van der Waals surface area contributed by atoms with Crippen LogP contribution in [0.5, 0.6) is 5.75 Å². The summed E-state index contributed by atoms with van der Waals surface area (Å²) in [5.41, 5.74) is 1.79. The molecule has 1 aromatic heterocycles. The van der Waals surface area contributed by atoms with Crippen LogP contribution < -0.4 is 9.64 Å². The molecule has 0 radical (unpaired) electrons. The maximum absolute atomic E-state index is 13.2. The Labute approximate surface area is 129 Å². The Morgan fingerprint density at radius 1 is 1.14 bits per heavy atom. The van der Waals surface area contributed by atoms with Gasteiger partial charge in [-0.3, -0.25) is 4.98 Å². The van der Waals surface area contributed by atoms with Gasteiger partial charge in [0, 0.05) is 43.2 Å². The number of fused-ring (bicyclic) bond motifs is 1. The highest BCUT2D eigenvalue weighted by Gasteiger charge is 2.34. The van der Waals surface area contributed by atoms with Crippen LogP contribution >= 0.6 is 0 Å². The van der Waals surface area contributed by atoms with Crippen LogP contribution in [-0.2, 0) is 0 Å². The van der Waals surface area contributed by atoms with E-state index in [0.717, 1.165) is 22.3 Å². The number of benzene rings is 1. The van der Waals surface area contributed by atoms with Gasteiger partial charge in [-0.2, -0.15) is 0 Å². The van der Waals surface area contributed by atoms with E-state index in [2.05, 4.69) is 4.98 Å². The summed E-state index contributed by atoms with van der Waals surface area (Å²) >= 11 is 0. The first kappa shape index (κ1) is 16.5. The number of ether oxygens (including phenoxy) is 1. The highest BCUT2D eigenvalue weighted by molar-refractivity contribution is 5.88. The first-order valence-electron chi connectivity index (χ1n) is 7.65. The molecule has 5 heteroatoms. The molecule has 1 aliphatic rings. The first-order valence-corrected chi connectivity index (χ1v) is 7.65. The molecule has 3 rings (SSSR count). The topological polar surface area (TPSA) is 25.4 Å². The Hall–Kier alpha value is -1.91. The van der Waals surface area contributed by atoms with E-state index in [9.17, 15) is 8.78 Å². The van der Waals surface area contributed by atoms with Crippen molar-refractivity contribution in [3.05, 3.63) is 30.5 Å². The fourth-order valence-electron chi connectivity index (χ4n) is 2.58. The lowest BCUT2D eigenvalue weighted by molar-refractivity contribution is -0.0220. The summed E-state index contributed by atoms with van der Waals surface area (Å²) in [6.07, 6.45) is 1.52. The smallest absolute Gasteiger partial charge is 0.251 e. The summed E-state index contributed by atoms with van der Waals surface area (Å²) < 4.78 is 31.7. The normalized spacial score (nSPS) is 16.9. The van der Waals surface area contributed by atoms with Crippen molar-refractivity contribution in [2.45, 2.75) is 32.6 Å². The van der Waals surface area contributed by atoms with Crippen LogP contribution in [-0.4, -0.2) is 31.1 Å². The van der Waals surface area contributed by atoms with Crippen molar-refractivity contribution >= 4 is 16.6 Å². The van der Waals surface area contributed by atoms with E-state index in [1.54, 1.807) is 19.4 Å². The summed E-state index contributed by atoms with van der Waals surface area (Å²) in [5.74, 6) is -1.77. The lowest BCUT2D eigenvalue weighted by atomic mass is 10.1. The molecule has 2 aromatic rings. The van der Waals surface area contributed by atoms with Gasteiger partial charge < -0.3 is 9.64 Å². The lowest BCUT2D eigenvalue weighted by Crippen LogP contribution is -2.39. The molecule has 0 unspecified atom stereocenters. The summed E-state index contributed by atoms with van der Waals surface area (Å²) in [5, 5.41) is 0.907. The average Bonchev–Trinajstić information content (AvgIpc) is 2.55. The summed E-state index contributed by atoms with van der Waals surface area (Å²) in [6.45, 7) is 4.75. The molecule has 1 fully saturated rings. The maximum Gasteiger partial charge on any atom is 0.251 e. The monoisotopic (exact) mass is 308 g/mol. The number of anilines is 1. The first-order chi connectivity index (χ1) is 10.6. The molecule has 2 heterocycles. The number of alkyl halides is 2. The van der Waals surface area contributed by atoms with Gasteiger partial charge in [-0.25, -0.2) is 8.78 Å². The standard InChI is InChI=1S/C15H16F2N2O.C2H6/c1-20-14-4-7-18-13-3-2-11(10-12(13)14)19-8-5-15(16,17)6-9-19;1-2/h2-4,7,10H,5-6,8-9H2,1H3;1-2H3. The van der Waals surface area contributed by atoms with Gasteiger partial charge >= 0.3 is 0 Å². The van der Waals surface area contributed by atoms with E-state index < -0.39 is 5.92 Å². The Balaban J connectivity index is 0.000000847. The van der Waals surface area contributed by atoms with Crippen LogP contribution in [0.2, 0.25) is 0 Å². The number of methoxy groups -OCH3 is 1. The SMILES string of the molecule is CC.COc1ccnc2ccc(N3CCC(F)(F)CC3)cc12. The maximum atomic E-state index is 13.2. The van der Waals surface area contributed by atoms with E-state index in [1.165, 1.54) is 0 Å². The molecule has 0 saturated carbocycles. The quantitative estimate of drug-likeness (QED) is 0.816. The van der Waals surface area contributed by atoms with Crippen molar-refractivity contribution in [2.75, 3.05) is 25.1 Å². The second kappa shape index (κ2) is 6.90. The molecule has 0 amide bonds. The summed E-state index contributed by atoms with van der Waals surface area (Å²) in [7, 11) is 1.61. The van der Waals surface area contributed by atoms with Crippen molar-refractivity contribution in [1.82, 2.24) is 4.98 Å². The number of halogens is 2. The molecule has 120 valence electrons. The Kier molecular flexibility index (Phi) is 5.16. The Bertz CT molecular complexity index is 621. The van der Waals surface area contributed by atoms with Crippen LogP contribution in [0.15, 0.2) is 30.5 Å². The van der Waals surface area contributed by atoms with Crippen LogP contribution in [0.1, 0.15) is 26.7 Å². The number of pyridine rings is 1. The minimum absolute atomic E-state index is 0.0881. The van der Waals surface area contributed by atoms with E-state index in [-0.39, 0.29) is 12.8 Å². The molecule has 22 heavy (non-hydrogen) atoms. The number of nitrogens with zero attached hydrogens (tertiary/aromatic N) is 2. The summed E-state index contributed by atoms with van der Waals surface area (Å²) in [6, 6.07) is 7.60. The van der Waals surface area contributed by atoms with Gasteiger partial charge in [0.25, 0.3) is 5.92 Å². The van der Waals surface area contributed by atoms with E-state index in [1.807, 2.05) is 36.9 Å². The van der Waals surface area contributed by atoms with Crippen LogP contribution in [0.4, 0.5) is 14.5 Å². The third-order valence-corrected chi connectivity index (χ3v) is 3.77. The zero-order valence-electron chi connectivity index (χ0n) is 13.3. The second-order valence-corrected chi connectivity index (χ2v) is 5.06. The number of hydrogen-bond acceptors (Lipinski definition) is 3. The van der Waals surface area contributed by atoms with E-state index in [0.29, 0.717) is 13.1 Å². The molecule has 1 aromatic carbocycles. The van der Waals surface area contributed by atoms with Crippen molar-refractivity contribution in [1.29, 1.82) is 0 Å².